The van der Waals surface area contributed by atoms with Crippen LogP contribution < -0.4 is 10.6 Å². The average Bonchev–Trinajstić information content (AvgIpc) is 2.46. The fraction of sp³-hybridized carbons (Fsp3) is 0.500. The van der Waals surface area contributed by atoms with Crippen LogP contribution in [0.15, 0.2) is 29.4 Å². The summed E-state index contributed by atoms with van der Waals surface area (Å²) < 4.78 is 0. The van der Waals surface area contributed by atoms with E-state index in [2.05, 4.69) is 28.8 Å². The van der Waals surface area contributed by atoms with E-state index in [0.29, 0.717) is 6.04 Å². The fourth-order valence-corrected chi connectivity index (χ4v) is 2.40. The van der Waals surface area contributed by atoms with Crippen LogP contribution in [0, 0.1) is 0 Å². The maximum Gasteiger partial charge on any atom is 0.170 e. The number of piperazine rings is 1. The molecule has 0 atom stereocenters. The van der Waals surface area contributed by atoms with E-state index in [1.807, 2.05) is 24.3 Å². The number of nitrogens with two attached hydrogens (primary N) is 1. The predicted octanol–water partition coefficient (Wildman–Crippen LogP) is 1.31. The number of oxime groups is 1. The van der Waals surface area contributed by atoms with Crippen LogP contribution in [-0.2, 0) is 0 Å². The van der Waals surface area contributed by atoms with Gasteiger partial charge in [-0.3, -0.25) is 4.90 Å². The van der Waals surface area contributed by atoms with Crippen molar-refractivity contribution < 1.29 is 5.21 Å². The topological polar surface area (TPSA) is 65.1 Å². The molecule has 104 valence electrons. The number of anilines is 1. The molecule has 5 nitrogen and oxygen atoms in total. The van der Waals surface area contributed by atoms with Gasteiger partial charge in [0.05, 0.1) is 0 Å². The van der Waals surface area contributed by atoms with Crippen LogP contribution in [0.5, 0.6) is 0 Å². The number of hydrogen-bond acceptors (Lipinski definition) is 4. The lowest BCUT2D eigenvalue weighted by molar-refractivity contribution is 0.209. The molecular formula is C14H22N4O. The maximum atomic E-state index is 8.63. The van der Waals surface area contributed by atoms with Crippen molar-refractivity contribution in [3.05, 3.63) is 29.8 Å². The lowest BCUT2D eigenvalue weighted by atomic mass is 10.1. The molecule has 1 aromatic carbocycles. The van der Waals surface area contributed by atoms with E-state index in [1.165, 1.54) is 5.69 Å². The van der Waals surface area contributed by atoms with Gasteiger partial charge < -0.3 is 15.8 Å². The van der Waals surface area contributed by atoms with E-state index < -0.39 is 0 Å². The van der Waals surface area contributed by atoms with Crippen molar-refractivity contribution in [3.63, 3.8) is 0 Å². The van der Waals surface area contributed by atoms with Crippen LogP contribution in [0.3, 0.4) is 0 Å². The van der Waals surface area contributed by atoms with E-state index in [4.69, 9.17) is 10.9 Å². The minimum absolute atomic E-state index is 0.149. The summed E-state index contributed by atoms with van der Waals surface area (Å²) in [6, 6.07) is 8.44. The Morgan fingerprint density at radius 3 is 2.21 bits per heavy atom. The normalized spacial score (nSPS) is 18.1. The highest BCUT2D eigenvalue weighted by Gasteiger charge is 2.18. The van der Waals surface area contributed by atoms with Crippen LogP contribution in [0.4, 0.5) is 5.69 Å². The summed E-state index contributed by atoms with van der Waals surface area (Å²) in [6.45, 7) is 8.75. The van der Waals surface area contributed by atoms with E-state index in [-0.39, 0.29) is 5.84 Å². The Kier molecular flexibility index (Phi) is 4.27. The van der Waals surface area contributed by atoms with Gasteiger partial charge in [-0.2, -0.15) is 0 Å². The first-order chi connectivity index (χ1) is 9.11. The molecule has 1 aliphatic heterocycles. The lowest BCUT2D eigenvalue weighted by Crippen LogP contribution is -2.48. The zero-order chi connectivity index (χ0) is 13.8. The highest BCUT2D eigenvalue weighted by molar-refractivity contribution is 5.97. The van der Waals surface area contributed by atoms with Crippen LogP contribution in [0.25, 0.3) is 0 Å². The van der Waals surface area contributed by atoms with E-state index in [9.17, 15) is 0 Å². The van der Waals surface area contributed by atoms with Crippen molar-refractivity contribution in [2.24, 2.45) is 10.9 Å². The molecule has 1 heterocycles. The molecule has 0 unspecified atom stereocenters. The number of nitrogens with zero attached hydrogens (tertiary/aromatic N) is 3. The Hall–Kier alpha value is -1.75. The summed E-state index contributed by atoms with van der Waals surface area (Å²) in [4.78, 5) is 4.86. The van der Waals surface area contributed by atoms with Gasteiger partial charge in [0.1, 0.15) is 0 Å². The molecule has 2 rings (SSSR count). The van der Waals surface area contributed by atoms with E-state index in [0.717, 1.165) is 31.7 Å². The van der Waals surface area contributed by atoms with Gasteiger partial charge in [-0.25, -0.2) is 0 Å². The smallest absolute Gasteiger partial charge is 0.170 e. The zero-order valence-electron chi connectivity index (χ0n) is 11.6. The van der Waals surface area contributed by atoms with Crippen LogP contribution in [0.2, 0.25) is 0 Å². The van der Waals surface area contributed by atoms with Gasteiger partial charge in [-0.1, -0.05) is 5.16 Å². The SMILES string of the molecule is CC(C)N1CCN(c2ccc(/C(N)=N/O)cc2)CC1. The standard InChI is InChI=1S/C14H22N4O/c1-11(2)17-7-9-18(10-8-17)13-5-3-12(4-6-13)14(15)16-19/h3-6,11,19H,7-10H2,1-2H3,(H2,15,16). The molecule has 19 heavy (non-hydrogen) atoms. The molecule has 1 aliphatic rings. The van der Waals surface area contributed by atoms with Crippen LogP contribution in [-0.4, -0.2) is 48.2 Å². The van der Waals surface area contributed by atoms with Gasteiger partial charge in [0.25, 0.3) is 0 Å². The third-order valence-corrected chi connectivity index (χ3v) is 3.68. The van der Waals surface area contributed by atoms with Crippen molar-refractivity contribution in [2.75, 3.05) is 31.1 Å². The second-order valence-electron chi connectivity index (χ2n) is 5.15. The molecule has 1 saturated heterocycles. The number of benzene rings is 1. The molecule has 1 aromatic rings. The molecule has 0 aromatic heterocycles. The highest BCUT2D eigenvalue weighted by Crippen LogP contribution is 2.18. The Labute approximate surface area is 114 Å². The molecular weight excluding hydrogens is 240 g/mol. The first-order valence-corrected chi connectivity index (χ1v) is 6.69. The molecule has 0 aliphatic carbocycles. The van der Waals surface area contributed by atoms with E-state index >= 15 is 0 Å². The summed E-state index contributed by atoms with van der Waals surface area (Å²) in [5.74, 6) is 0.149. The third kappa shape index (κ3) is 3.17. The van der Waals surface area contributed by atoms with Crippen LogP contribution >= 0.6 is 0 Å². The number of amidine groups is 1. The first kappa shape index (κ1) is 13.7. The van der Waals surface area contributed by atoms with Crippen molar-refractivity contribution in [1.82, 2.24) is 4.90 Å². The second-order valence-corrected chi connectivity index (χ2v) is 5.15. The van der Waals surface area contributed by atoms with Gasteiger partial charge in [0.15, 0.2) is 5.84 Å². The van der Waals surface area contributed by atoms with Crippen LogP contribution in [0.1, 0.15) is 19.4 Å². The minimum Gasteiger partial charge on any atom is -0.409 e. The minimum atomic E-state index is 0.149. The highest BCUT2D eigenvalue weighted by atomic mass is 16.4. The summed E-state index contributed by atoms with van der Waals surface area (Å²) in [7, 11) is 0. The Bertz CT molecular complexity index is 433. The summed E-state index contributed by atoms with van der Waals surface area (Å²) in [5.41, 5.74) is 7.49. The quantitative estimate of drug-likeness (QED) is 0.373. The molecule has 1 fully saturated rings. The van der Waals surface area contributed by atoms with Crippen molar-refractivity contribution in [2.45, 2.75) is 19.9 Å². The summed E-state index contributed by atoms with van der Waals surface area (Å²) in [6.07, 6.45) is 0. The Morgan fingerprint density at radius 1 is 1.16 bits per heavy atom. The molecule has 0 amide bonds. The molecule has 0 bridgehead atoms. The Balaban J connectivity index is 2.00. The predicted molar refractivity (Wildman–Crippen MR) is 77.9 cm³/mol. The molecule has 5 heteroatoms. The largest absolute Gasteiger partial charge is 0.409 e. The zero-order valence-corrected chi connectivity index (χ0v) is 11.6. The molecule has 3 N–H and O–H groups in total. The monoisotopic (exact) mass is 262 g/mol. The lowest BCUT2D eigenvalue weighted by Gasteiger charge is -2.38. The first-order valence-electron chi connectivity index (χ1n) is 6.69. The van der Waals surface area contributed by atoms with E-state index in [1.54, 1.807) is 0 Å². The van der Waals surface area contributed by atoms with Gasteiger partial charge in [-0.15, -0.1) is 0 Å². The van der Waals surface area contributed by atoms with Crippen molar-refractivity contribution in [1.29, 1.82) is 0 Å². The van der Waals surface area contributed by atoms with Gasteiger partial charge in [0, 0.05) is 43.5 Å². The molecule has 0 spiro atoms. The molecule has 0 radical (unpaired) electrons. The molecule has 0 saturated carbocycles. The number of rotatable bonds is 3. The van der Waals surface area contributed by atoms with Gasteiger partial charge >= 0.3 is 0 Å². The number of hydrogen-bond donors (Lipinski definition) is 2. The summed E-state index contributed by atoms with van der Waals surface area (Å²) in [5, 5.41) is 11.6. The van der Waals surface area contributed by atoms with Crippen molar-refractivity contribution in [3.8, 4) is 0 Å². The third-order valence-electron chi connectivity index (χ3n) is 3.68. The maximum absolute atomic E-state index is 8.63. The Morgan fingerprint density at radius 2 is 1.74 bits per heavy atom. The fourth-order valence-electron chi connectivity index (χ4n) is 2.40. The second kappa shape index (κ2) is 5.93. The van der Waals surface area contributed by atoms with Gasteiger partial charge in [0.2, 0.25) is 0 Å². The van der Waals surface area contributed by atoms with Gasteiger partial charge in [-0.05, 0) is 38.1 Å². The van der Waals surface area contributed by atoms with Crippen molar-refractivity contribution >= 4 is 11.5 Å². The summed E-state index contributed by atoms with van der Waals surface area (Å²) >= 11 is 0. The average molecular weight is 262 g/mol.